The van der Waals surface area contributed by atoms with Gasteiger partial charge in [0.1, 0.15) is 17.1 Å². The minimum absolute atomic E-state index is 0.191. The Morgan fingerprint density at radius 2 is 2.08 bits per heavy atom. The standard InChI is InChI=1S/C20H20N2O4/c1-4-25-16-6-8-18-15(10-16)11-19(26-18)20(23)22-21-12-14-5-7-17(24-3)13(2)9-14/h5-12H,4H2,1-3H3,(H,22,23)/b21-12+. The maximum Gasteiger partial charge on any atom is 0.307 e. The number of hydrogen-bond donors (Lipinski definition) is 1. The van der Waals surface area contributed by atoms with Crippen LogP contribution in [0.4, 0.5) is 0 Å². The summed E-state index contributed by atoms with van der Waals surface area (Å²) in [6.07, 6.45) is 1.57. The number of nitrogens with zero attached hydrogens (tertiary/aromatic N) is 1. The number of rotatable bonds is 6. The molecule has 1 N–H and O–H groups in total. The van der Waals surface area contributed by atoms with Gasteiger partial charge in [0.15, 0.2) is 5.76 Å². The van der Waals surface area contributed by atoms with Gasteiger partial charge in [-0.1, -0.05) is 0 Å². The first-order valence-electron chi connectivity index (χ1n) is 8.25. The third-order valence-corrected chi connectivity index (χ3v) is 3.82. The highest BCUT2D eigenvalue weighted by Crippen LogP contribution is 2.24. The molecule has 3 rings (SSSR count). The number of methoxy groups -OCH3 is 1. The SMILES string of the molecule is CCOc1ccc2oc(C(=O)N/N=C/c3ccc(OC)c(C)c3)cc2c1. The van der Waals surface area contributed by atoms with Crippen molar-refractivity contribution in [2.24, 2.45) is 5.10 Å². The molecule has 26 heavy (non-hydrogen) atoms. The fourth-order valence-corrected chi connectivity index (χ4v) is 2.59. The van der Waals surface area contributed by atoms with Crippen LogP contribution in [0.1, 0.15) is 28.6 Å². The number of furan rings is 1. The summed E-state index contributed by atoms with van der Waals surface area (Å²) in [6, 6.07) is 12.7. The topological polar surface area (TPSA) is 73.1 Å². The van der Waals surface area contributed by atoms with E-state index in [9.17, 15) is 4.79 Å². The smallest absolute Gasteiger partial charge is 0.307 e. The lowest BCUT2D eigenvalue weighted by molar-refractivity contribution is 0.0929. The highest BCUT2D eigenvalue weighted by Gasteiger charge is 2.12. The number of fused-ring (bicyclic) bond motifs is 1. The predicted octanol–water partition coefficient (Wildman–Crippen LogP) is 3.91. The molecule has 134 valence electrons. The van der Waals surface area contributed by atoms with Gasteiger partial charge in [-0.05, 0) is 67.4 Å². The molecule has 0 aliphatic rings. The van der Waals surface area contributed by atoms with Gasteiger partial charge in [-0.3, -0.25) is 4.79 Å². The minimum Gasteiger partial charge on any atom is -0.496 e. The average molecular weight is 352 g/mol. The van der Waals surface area contributed by atoms with E-state index >= 15 is 0 Å². The number of carbonyl (C=O) groups is 1. The Bertz CT molecular complexity index is 960. The monoisotopic (exact) mass is 352 g/mol. The summed E-state index contributed by atoms with van der Waals surface area (Å²) >= 11 is 0. The molecule has 3 aromatic rings. The first kappa shape index (κ1) is 17.5. The lowest BCUT2D eigenvalue weighted by Gasteiger charge is -2.04. The molecule has 6 heteroatoms. The van der Waals surface area contributed by atoms with E-state index in [-0.39, 0.29) is 5.76 Å². The molecular formula is C20H20N2O4. The second kappa shape index (κ2) is 7.74. The second-order valence-electron chi connectivity index (χ2n) is 5.67. The second-order valence-corrected chi connectivity index (χ2v) is 5.67. The first-order valence-corrected chi connectivity index (χ1v) is 8.25. The molecule has 0 fully saturated rings. The zero-order valence-corrected chi connectivity index (χ0v) is 14.9. The van der Waals surface area contributed by atoms with Crippen LogP contribution in [0, 0.1) is 6.92 Å². The number of carbonyl (C=O) groups excluding carboxylic acids is 1. The highest BCUT2D eigenvalue weighted by atomic mass is 16.5. The summed E-state index contributed by atoms with van der Waals surface area (Å²) in [7, 11) is 1.63. The molecule has 0 aliphatic heterocycles. The van der Waals surface area contributed by atoms with E-state index in [1.807, 2.05) is 38.1 Å². The Morgan fingerprint density at radius 3 is 2.81 bits per heavy atom. The summed E-state index contributed by atoms with van der Waals surface area (Å²) in [5.74, 6) is 1.32. The molecule has 2 aromatic carbocycles. The van der Waals surface area contributed by atoms with Crippen LogP contribution in [0.2, 0.25) is 0 Å². The molecule has 1 aromatic heterocycles. The Morgan fingerprint density at radius 1 is 1.23 bits per heavy atom. The van der Waals surface area contributed by atoms with Crippen molar-refractivity contribution in [3.8, 4) is 11.5 Å². The predicted molar refractivity (Wildman–Crippen MR) is 100 cm³/mol. The van der Waals surface area contributed by atoms with Crippen LogP contribution in [0.25, 0.3) is 11.0 Å². The summed E-state index contributed by atoms with van der Waals surface area (Å²) < 4.78 is 16.2. The van der Waals surface area contributed by atoms with Crippen LogP contribution in [0.5, 0.6) is 11.5 Å². The van der Waals surface area contributed by atoms with Gasteiger partial charge in [-0.2, -0.15) is 5.10 Å². The van der Waals surface area contributed by atoms with Gasteiger partial charge < -0.3 is 13.9 Å². The Hall–Kier alpha value is -3.28. The number of amides is 1. The zero-order chi connectivity index (χ0) is 18.5. The van der Waals surface area contributed by atoms with E-state index in [0.717, 1.165) is 28.0 Å². The van der Waals surface area contributed by atoms with Crippen LogP contribution in [-0.4, -0.2) is 25.8 Å². The molecule has 0 aliphatic carbocycles. The fourth-order valence-electron chi connectivity index (χ4n) is 2.59. The number of hydrazone groups is 1. The Labute approximate surface area is 151 Å². The molecule has 6 nitrogen and oxygen atoms in total. The number of ether oxygens (including phenoxy) is 2. The van der Waals surface area contributed by atoms with E-state index in [0.29, 0.717) is 12.2 Å². The third kappa shape index (κ3) is 3.85. The van der Waals surface area contributed by atoms with Crippen molar-refractivity contribution >= 4 is 23.1 Å². The summed E-state index contributed by atoms with van der Waals surface area (Å²) in [5, 5.41) is 4.78. The van der Waals surface area contributed by atoms with Gasteiger partial charge in [0.25, 0.3) is 0 Å². The van der Waals surface area contributed by atoms with Crippen molar-refractivity contribution in [2.75, 3.05) is 13.7 Å². The summed E-state index contributed by atoms with van der Waals surface area (Å²) in [4.78, 5) is 12.2. The normalized spacial score (nSPS) is 11.0. The lowest BCUT2D eigenvalue weighted by Crippen LogP contribution is -2.16. The van der Waals surface area contributed by atoms with Crippen molar-refractivity contribution in [2.45, 2.75) is 13.8 Å². The third-order valence-electron chi connectivity index (χ3n) is 3.82. The van der Waals surface area contributed by atoms with Gasteiger partial charge in [0.2, 0.25) is 0 Å². The molecule has 0 atom stereocenters. The van der Waals surface area contributed by atoms with Gasteiger partial charge in [0.05, 0.1) is 19.9 Å². The zero-order valence-electron chi connectivity index (χ0n) is 14.9. The van der Waals surface area contributed by atoms with E-state index in [2.05, 4.69) is 10.5 Å². The Kier molecular flexibility index (Phi) is 5.22. The number of aryl methyl sites for hydroxylation is 1. The highest BCUT2D eigenvalue weighted by molar-refractivity contribution is 5.96. The van der Waals surface area contributed by atoms with Gasteiger partial charge in [0, 0.05) is 5.39 Å². The molecule has 1 amide bonds. The van der Waals surface area contributed by atoms with Crippen molar-refractivity contribution in [3.05, 3.63) is 59.4 Å². The van der Waals surface area contributed by atoms with E-state index in [1.165, 1.54) is 0 Å². The van der Waals surface area contributed by atoms with Crippen molar-refractivity contribution in [3.63, 3.8) is 0 Å². The summed E-state index contributed by atoms with van der Waals surface area (Å²) in [6.45, 7) is 4.44. The Balaban J connectivity index is 1.69. The number of hydrogen-bond acceptors (Lipinski definition) is 5. The first-order chi connectivity index (χ1) is 12.6. The molecule has 0 saturated carbocycles. The van der Waals surface area contributed by atoms with Gasteiger partial charge in [-0.15, -0.1) is 0 Å². The molecule has 0 radical (unpaired) electrons. The quantitative estimate of drug-likeness (QED) is 0.539. The van der Waals surface area contributed by atoms with Gasteiger partial charge >= 0.3 is 5.91 Å². The maximum atomic E-state index is 12.2. The fraction of sp³-hybridized carbons (Fsp3) is 0.200. The number of nitrogens with one attached hydrogen (secondary N) is 1. The van der Waals surface area contributed by atoms with Crippen LogP contribution >= 0.6 is 0 Å². The van der Waals surface area contributed by atoms with Crippen LogP contribution < -0.4 is 14.9 Å². The van der Waals surface area contributed by atoms with Crippen LogP contribution in [0.15, 0.2) is 52.0 Å². The largest absolute Gasteiger partial charge is 0.496 e. The number of benzene rings is 2. The van der Waals surface area contributed by atoms with Gasteiger partial charge in [-0.25, -0.2) is 5.43 Å². The maximum absolute atomic E-state index is 12.2. The van der Waals surface area contributed by atoms with E-state index in [1.54, 1.807) is 31.5 Å². The molecular weight excluding hydrogens is 332 g/mol. The lowest BCUT2D eigenvalue weighted by atomic mass is 10.1. The molecule has 0 saturated heterocycles. The molecule has 0 spiro atoms. The van der Waals surface area contributed by atoms with E-state index < -0.39 is 5.91 Å². The van der Waals surface area contributed by atoms with Crippen molar-refractivity contribution in [1.29, 1.82) is 0 Å². The average Bonchev–Trinajstić information content (AvgIpc) is 3.05. The van der Waals surface area contributed by atoms with Crippen LogP contribution in [0.3, 0.4) is 0 Å². The summed E-state index contributed by atoms with van der Waals surface area (Å²) in [5.41, 5.74) is 4.94. The molecule has 0 unspecified atom stereocenters. The minimum atomic E-state index is -0.416. The molecule has 1 heterocycles. The van der Waals surface area contributed by atoms with Crippen LogP contribution in [-0.2, 0) is 0 Å². The molecule has 0 bridgehead atoms. The van der Waals surface area contributed by atoms with Crippen molar-refractivity contribution < 1.29 is 18.7 Å². The van der Waals surface area contributed by atoms with Crippen molar-refractivity contribution in [1.82, 2.24) is 5.43 Å². The van der Waals surface area contributed by atoms with E-state index in [4.69, 9.17) is 13.9 Å².